The lowest BCUT2D eigenvalue weighted by Crippen LogP contribution is -2.18. The summed E-state index contributed by atoms with van der Waals surface area (Å²) in [7, 11) is 0. The van der Waals surface area contributed by atoms with Gasteiger partial charge in [-0.15, -0.1) is 12.4 Å². The van der Waals surface area contributed by atoms with Crippen molar-refractivity contribution in [2.24, 2.45) is 16.6 Å². The minimum Gasteiger partial charge on any atom is -0.309 e. The normalized spacial score (nSPS) is 11.6. The molecule has 0 spiro atoms. The quantitative estimate of drug-likeness (QED) is 0.609. The Bertz CT molecular complexity index is 118. The Hall–Kier alpha value is -0.370. The van der Waals surface area contributed by atoms with Gasteiger partial charge in [0.2, 0.25) is 0 Å². The zero-order valence-corrected chi connectivity index (χ0v) is 7.11. The molecule has 0 aromatic rings. The fourth-order valence-electron chi connectivity index (χ4n) is 0.619. The van der Waals surface area contributed by atoms with E-state index in [2.05, 4.69) is 18.8 Å². The molecule has 0 saturated carbocycles. The second-order valence-corrected chi connectivity index (χ2v) is 2.44. The lowest BCUT2D eigenvalue weighted by atomic mass is 10.1. The number of halogens is 1. The predicted molar refractivity (Wildman–Crippen MR) is 44.8 cm³/mol. The molecule has 60 valence electrons. The minimum atomic E-state index is -0.234. The van der Waals surface area contributed by atoms with E-state index < -0.39 is 0 Å². The number of nitrogens with two attached hydrogens (primary N) is 1. The third-order valence-electron chi connectivity index (χ3n) is 0.943. The summed E-state index contributed by atoms with van der Waals surface area (Å²) in [6.45, 7) is 4.14. The first-order valence-electron chi connectivity index (χ1n) is 3.04. The van der Waals surface area contributed by atoms with Gasteiger partial charge >= 0.3 is 0 Å². The van der Waals surface area contributed by atoms with Gasteiger partial charge in [0.25, 0.3) is 0 Å². The van der Waals surface area contributed by atoms with Crippen LogP contribution in [0.3, 0.4) is 0 Å². The molecule has 0 aliphatic rings. The summed E-state index contributed by atoms with van der Waals surface area (Å²) in [6.07, 6.45) is 0.591. The van der Waals surface area contributed by atoms with Crippen LogP contribution in [0.25, 0.3) is 0 Å². The van der Waals surface area contributed by atoms with Crippen molar-refractivity contribution in [3.8, 4) is 0 Å². The van der Waals surface area contributed by atoms with Crippen LogP contribution < -0.4 is 5.73 Å². The van der Waals surface area contributed by atoms with Crippen LogP contribution in [0.15, 0.2) is 4.99 Å². The van der Waals surface area contributed by atoms with Gasteiger partial charge in [-0.1, -0.05) is 13.8 Å². The van der Waals surface area contributed by atoms with E-state index in [0.29, 0.717) is 5.92 Å². The summed E-state index contributed by atoms with van der Waals surface area (Å²) in [6, 6.07) is 1.92. The third kappa shape index (κ3) is 7.63. The molecule has 3 N–H and O–H groups in total. The Kier molecular flexibility index (Phi) is 8.31. The van der Waals surface area contributed by atoms with E-state index in [0.717, 1.165) is 6.42 Å². The number of hydrogen-bond acceptors (Lipinski definition) is 3. The zero-order valence-electron chi connectivity index (χ0n) is 6.29. The first-order valence-corrected chi connectivity index (χ1v) is 3.04. The molecule has 0 fully saturated rings. The van der Waals surface area contributed by atoms with Crippen molar-refractivity contribution >= 4 is 18.4 Å². The van der Waals surface area contributed by atoms with E-state index in [4.69, 9.17) is 11.1 Å². The smallest absolute Gasteiger partial charge is 0.108 e. The van der Waals surface area contributed by atoms with Crippen LogP contribution in [-0.4, -0.2) is 12.2 Å². The molecule has 0 rings (SSSR count). The summed E-state index contributed by atoms with van der Waals surface area (Å²) in [5.41, 5.74) is 5.44. The average molecular weight is 164 g/mol. The molecule has 0 bridgehead atoms. The fraction of sp³-hybridized carbons (Fsp3) is 0.833. The summed E-state index contributed by atoms with van der Waals surface area (Å²) in [4.78, 5) is 3.56. The largest absolute Gasteiger partial charge is 0.309 e. The van der Waals surface area contributed by atoms with Crippen LogP contribution in [0.2, 0.25) is 0 Å². The second-order valence-electron chi connectivity index (χ2n) is 2.44. The van der Waals surface area contributed by atoms with Crippen LogP contribution in [0.5, 0.6) is 0 Å². The van der Waals surface area contributed by atoms with E-state index in [1.807, 2.05) is 6.01 Å². The highest BCUT2D eigenvalue weighted by molar-refractivity contribution is 5.85. The number of hydrogen-bond donors (Lipinski definition) is 2. The van der Waals surface area contributed by atoms with E-state index in [-0.39, 0.29) is 18.6 Å². The summed E-state index contributed by atoms with van der Waals surface area (Å²) in [5, 5.41) is 6.48. The maximum absolute atomic E-state index is 6.48. The summed E-state index contributed by atoms with van der Waals surface area (Å²) >= 11 is 0. The summed E-state index contributed by atoms with van der Waals surface area (Å²) in [5.74, 6) is 0.539. The molecule has 0 amide bonds. The van der Waals surface area contributed by atoms with Crippen molar-refractivity contribution in [1.82, 2.24) is 0 Å². The molecule has 1 unspecified atom stereocenters. The highest BCUT2D eigenvalue weighted by Crippen LogP contribution is 2.01. The van der Waals surface area contributed by atoms with Gasteiger partial charge in [0.1, 0.15) is 6.17 Å². The predicted octanol–water partition coefficient (Wildman–Crippen LogP) is 1.49. The number of aliphatic imine (C=N–C) groups is 1. The van der Waals surface area contributed by atoms with Gasteiger partial charge in [-0.25, -0.2) is 10.4 Å². The Morgan fingerprint density at radius 3 is 2.40 bits per heavy atom. The van der Waals surface area contributed by atoms with Crippen molar-refractivity contribution in [2.75, 3.05) is 0 Å². The topological polar surface area (TPSA) is 62.2 Å². The van der Waals surface area contributed by atoms with E-state index in [9.17, 15) is 0 Å². The van der Waals surface area contributed by atoms with Crippen molar-refractivity contribution in [3.05, 3.63) is 0 Å². The van der Waals surface area contributed by atoms with Crippen LogP contribution in [0, 0.1) is 11.3 Å². The molecule has 0 radical (unpaired) electrons. The van der Waals surface area contributed by atoms with E-state index >= 15 is 0 Å². The van der Waals surface area contributed by atoms with Gasteiger partial charge in [-0.3, -0.25) is 0 Å². The maximum atomic E-state index is 6.48. The van der Waals surface area contributed by atoms with E-state index in [1.54, 1.807) is 0 Å². The zero-order chi connectivity index (χ0) is 7.28. The van der Waals surface area contributed by atoms with Crippen molar-refractivity contribution in [2.45, 2.75) is 26.4 Å². The summed E-state index contributed by atoms with van der Waals surface area (Å²) < 4.78 is 0. The molecular weight excluding hydrogens is 150 g/mol. The molecule has 0 heterocycles. The number of rotatable bonds is 3. The second kappa shape index (κ2) is 6.75. The van der Waals surface area contributed by atoms with Crippen LogP contribution in [0.1, 0.15) is 20.3 Å². The molecule has 0 saturated heterocycles. The minimum absolute atomic E-state index is 0. The highest BCUT2D eigenvalue weighted by Gasteiger charge is 2.00. The van der Waals surface area contributed by atoms with Gasteiger partial charge < -0.3 is 5.73 Å². The molecule has 0 aromatic heterocycles. The van der Waals surface area contributed by atoms with Crippen LogP contribution in [0.4, 0.5) is 0 Å². The monoisotopic (exact) mass is 163 g/mol. The van der Waals surface area contributed by atoms with Gasteiger partial charge in [-0.2, -0.15) is 0 Å². The standard InChI is InChI=1S/C6H13N3.ClH/c1-5(2)3-6(8)9-4-7;/h5-7H,3,8H2,1-2H3;1H. The molecule has 1 atom stereocenters. The van der Waals surface area contributed by atoms with Crippen molar-refractivity contribution < 1.29 is 0 Å². The average Bonchev–Trinajstić information content (AvgIpc) is 1.63. The molecular formula is C6H14ClN3. The van der Waals surface area contributed by atoms with Crippen molar-refractivity contribution in [3.63, 3.8) is 0 Å². The Morgan fingerprint density at radius 1 is 1.60 bits per heavy atom. The first-order chi connectivity index (χ1) is 4.16. The van der Waals surface area contributed by atoms with Gasteiger partial charge in [0.15, 0.2) is 0 Å². The molecule has 10 heavy (non-hydrogen) atoms. The van der Waals surface area contributed by atoms with Crippen molar-refractivity contribution in [1.29, 1.82) is 5.41 Å². The van der Waals surface area contributed by atoms with E-state index in [1.165, 1.54) is 0 Å². The SMILES string of the molecule is CC(C)CC(N)N=C=N.Cl. The van der Waals surface area contributed by atoms with Gasteiger partial charge in [0.05, 0.1) is 6.01 Å². The lowest BCUT2D eigenvalue weighted by molar-refractivity contribution is 0.509. The van der Waals surface area contributed by atoms with Crippen LogP contribution >= 0.6 is 12.4 Å². The molecule has 0 aliphatic heterocycles. The van der Waals surface area contributed by atoms with Gasteiger partial charge in [0, 0.05) is 0 Å². The maximum Gasteiger partial charge on any atom is 0.108 e. The lowest BCUT2D eigenvalue weighted by Gasteiger charge is -2.05. The number of nitrogens with zero attached hydrogens (tertiary/aromatic N) is 1. The van der Waals surface area contributed by atoms with Gasteiger partial charge in [-0.05, 0) is 12.3 Å². The first kappa shape index (κ1) is 12.3. The third-order valence-corrected chi connectivity index (χ3v) is 0.943. The Balaban J connectivity index is 0. The molecule has 4 heteroatoms. The fourth-order valence-corrected chi connectivity index (χ4v) is 0.619. The Labute approximate surface area is 67.6 Å². The highest BCUT2D eigenvalue weighted by atomic mass is 35.5. The van der Waals surface area contributed by atoms with Crippen LogP contribution in [-0.2, 0) is 0 Å². The molecule has 0 aromatic carbocycles. The molecule has 0 aliphatic carbocycles. The Morgan fingerprint density at radius 2 is 2.10 bits per heavy atom. The molecule has 3 nitrogen and oxygen atoms in total. The number of nitrogens with one attached hydrogen (secondary N) is 1.